The fourth-order valence-electron chi connectivity index (χ4n) is 3.74. The Kier molecular flexibility index (Phi) is 5.85. The van der Waals surface area contributed by atoms with Gasteiger partial charge in [-0.25, -0.2) is 14.5 Å². The van der Waals surface area contributed by atoms with Crippen molar-refractivity contribution in [3.05, 3.63) is 51.6 Å². The summed E-state index contributed by atoms with van der Waals surface area (Å²) in [5, 5.41) is 15.8. The second-order valence-electron chi connectivity index (χ2n) is 9.14. The first-order chi connectivity index (χ1) is 15.0. The fraction of sp³-hybridized carbons (Fsp3) is 0.455. The van der Waals surface area contributed by atoms with E-state index in [1.54, 1.807) is 9.58 Å². The number of hydrogen-bond acceptors (Lipinski definition) is 6. The molecule has 9 nitrogen and oxygen atoms in total. The lowest BCUT2D eigenvalue weighted by molar-refractivity contribution is -0.0419. The van der Waals surface area contributed by atoms with Crippen molar-refractivity contribution in [1.82, 2.24) is 24.2 Å². The molecule has 0 unspecified atom stereocenters. The number of fused-ring (bicyclic) bond motifs is 1. The molecule has 0 saturated carbocycles. The predicted octanol–water partition coefficient (Wildman–Crippen LogP) is 3.11. The maximum absolute atomic E-state index is 13.0. The predicted molar refractivity (Wildman–Crippen MR) is 123 cm³/mol. The first-order valence-corrected chi connectivity index (χ1v) is 11.2. The number of benzene rings is 1. The summed E-state index contributed by atoms with van der Waals surface area (Å²) in [4.78, 5) is 31.3. The molecule has 0 spiro atoms. The van der Waals surface area contributed by atoms with E-state index in [1.165, 1.54) is 17.1 Å². The topological polar surface area (TPSA) is 102 Å². The summed E-state index contributed by atoms with van der Waals surface area (Å²) >= 11 is 3.40. The molecule has 170 valence electrons. The van der Waals surface area contributed by atoms with Crippen LogP contribution in [0.1, 0.15) is 33.6 Å². The van der Waals surface area contributed by atoms with Gasteiger partial charge in [-0.1, -0.05) is 15.9 Å². The lowest BCUT2D eigenvalue weighted by atomic mass is 9.91. The second-order valence-corrected chi connectivity index (χ2v) is 10.1. The van der Waals surface area contributed by atoms with Gasteiger partial charge in [0.1, 0.15) is 17.3 Å². The van der Waals surface area contributed by atoms with Gasteiger partial charge in [0.2, 0.25) is 0 Å². The molecule has 1 aromatic carbocycles. The number of likely N-dealkylation sites (tertiary alicyclic amines) is 1. The minimum absolute atomic E-state index is 0.0976. The summed E-state index contributed by atoms with van der Waals surface area (Å²) in [5.74, 6) is 0. The maximum Gasteiger partial charge on any atom is 0.410 e. The van der Waals surface area contributed by atoms with Gasteiger partial charge >= 0.3 is 6.09 Å². The first-order valence-electron chi connectivity index (χ1n) is 10.4. The zero-order valence-electron chi connectivity index (χ0n) is 18.3. The highest BCUT2D eigenvalue weighted by atomic mass is 79.9. The van der Waals surface area contributed by atoms with Crippen LogP contribution in [-0.4, -0.2) is 59.7 Å². The number of amides is 1. The Morgan fingerprint density at radius 3 is 2.50 bits per heavy atom. The molecule has 3 heterocycles. The van der Waals surface area contributed by atoms with Gasteiger partial charge in [0.05, 0.1) is 24.0 Å². The molecule has 1 aliphatic heterocycles. The van der Waals surface area contributed by atoms with Crippen molar-refractivity contribution in [2.24, 2.45) is 0 Å². The Balaban J connectivity index is 1.50. The van der Waals surface area contributed by atoms with Crippen molar-refractivity contribution < 1.29 is 14.6 Å². The molecule has 0 atom stereocenters. The Morgan fingerprint density at radius 2 is 1.88 bits per heavy atom. The smallest absolute Gasteiger partial charge is 0.410 e. The fourth-order valence-corrected chi connectivity index (χ4v) is 4.00. The van der Waals surface area contributed by atoms with Crippen LogP contribution in [0.2, 0.25) is 0 Å². The van der Waals surface area contributed by atoms with Gasteiger partial charge in [-0.05, 0) is 57.9 Å². The van der Waals surface area contributed by atoms with E-state index in [9.17, 15) is 14.7 Å². The largest absolute Gasteiger partial charge is 0.444 e. The summed E-state index contributed by atoms with van der Waals surface area (Å²) in [5.41, 5.74) is -0.693. The van der Waals surface area contributed by atoms with Gasteiger partial charge in [0, 0.05) is 17.6 Å². The normalized spacial score (nSPS) is 16.3. The van der Waals surface area contributed by atoms with Crippen LogP contribution in [0, 0.1) is 0 Å². The molecule has 1 N–H and O–H groups in total. The van der Waals surface area contributed by atoms with Crippen molar-refractivity contribution in [2.45, 2.75) is 51.4 Å². The molecule has 1 amide bonds. The number of rotatable bonds is 3. The van der Waals surface area contributed by atoms with Crippen molar-refractivity contribution in [3.63, 3.8) is 0 Å². The molecule has 1 saturated heterocycles. The molecule has 1 aliphatic rings. The summed E-state index contributed by atoms with van der Waals surface area (Å²) in [6.07, 6.45) is 3.24. The van der Waals surface area contributed by atoms with Crippen LogP contribution >= 0.6 is 15.9 Å². The number of carbonyl (C=O) groups excluding carboxylic acids is 1. The van der Waals surface area contributed by atoms with Crippen molar-refractivity contribution in [1.29, 1.82) is 0 Å². The molecule has 0 aliphatic carbocycles. The number of ether oxygens (including phenoxy) is 1. The van der Waals surface area contributed by atoms with Gasteiger partial charge in [0.25, 0.3) is 5.56 Å². The molecule has 0 bridgehead atoms. The SMILES string of the molecule is CC(C)(C)OC(=O)N1CCC(O)(Cn2cnc3c(cnn3-c3ccc(Br)cc3)c2=O)CC1. The van der Waals surface area contributed by atoms with E-state index in [1.807, 2.05) is 45.0 Å². The molecular weight excluding hydrogens is 478 g/mol. The van der Waals surface area contributed by atoms with E-state index in [4.69, 9.17) is 4.74 Å². The number of piperidine rings is 1. The van der Waals surface area contributed by atoms with Crippen LogP contribution in [0.4, 0.5) is 4.79 Å². The van der Waals surface area contributed by atoms with E-state index in [-0.39, 0.29) is 18.2 Å². The van der Waals surface area contributed by atoms with Crippen molar-refractivity contribution >= 4 is 33.1 Å². The third-order valence-electron chi connectivity index (χ3n) is 5.44. The zero-order valence-corrected chi connectivity index (χ0v) is 19.9. The number of carbonyl (C=O) groups is 1. The molecule has 32 heavy (non-hydrogen) atoms. The standard InChI is InChI=1S/C22H26BrN5O4/c1-21(2,3)32-20(30)26-10-8-22(31,9-11-26)13-27-14-24-18-17(19(27)29)12-25-28(18)16-6-4-15(23)5-7-16/h4-7,12,14,31H,8-11,13H2,1-3H3. The summed E-state index contributed by atoms with van der Waals surface area (Å²) in [7, 11) is 0. The van der Waals surface area contributed by atoms with Crippen molar-refractivity contribution in [3.8, 4) is 5.69 Å². The molecular formula is C22H26BrN5O4. The molecule has 4 rings (SSSR count). The molecule has 3 aromatic rings. The number of aromatic nitrogens is 4. The Bertz CT molecular complexity index is 1190. The summed E-state index contributed by atoms with van der Waals surface area (Å²) < 4.78 is 9.38. The summed E-state index contributed by atoms with van der Waals surface area (Å²) in [6, 6.07) is 7.54. The monoisotopic (exact) mass is 503 g/mol. The Labute approximate surface area is 193 Å². The lowest BCUT2D eigenvalue weighted by Gasteiger charge is -2.38. The third kappa shape index (κ3) is 4.71. The van der Waals surface area contributed by atoms with Gasteiger partial charge in [-0.2, -0.15) is 5.10 Å². The average molecular weight is 504 g/mol. The molecule has 1 fully saturated rings. The number of nitrogens with zero attached hydrogens (tertiary/aromatic N) is 5. The van der Waals surface area contributed by atoms with Crippen LogP contribution in [0.5, 0.6) is 0 Å². The minimum atomic E-state index is -1.11. The average Bonchev–Trinajstić information content (AvgIpc) is 3.15. The third-order valence-corrected chi connectivity index (χ3v) is 5.96. The Morgan fingerprint density at radius 1 is 1.22 bits per heavy atom. The van der Waals surface area contributed by atoms with E-state index >= 15 is 0 Å². The van der Waals surface area contributed by atoms with E-state index in [0.29, 0.717) is 37.0 Å². The molecule has 2 aromatic heterocycles. The highest BCUT2D eigenvalue weighted by molar-refractivity contribution is 9.10. The van der Waals surface area contributed by atoms with Gasteiger partial charge in [-0.15, -0.1) is 0 Å². The number of aliphatic hydroxyl groups is 1. The lowest BCUT2D eigenvalue weighted by Crippen LogP contribution is -2.50. The van der Waals surface area contributed by atoms with Crippen LogP contribution in [-0.2, 0) is 11.3 Å². The second kappa shape index (κ2) is 8.32. The molecule has 10 heteroatoms. The van der Waals surface area contributed by atoms with Crippen molar-refractivity contribution in [2.75, 3.05) is 13.1 Å². The van der Waals surface area contributed by atoms with E-state index < -0.39 is 11.2 Å². The highest BCUT2D eigenvalue weighted by Gasteiger charge is 2.36. The van der Waals surface area contributed by atoms with Crippen LogP contribution in [0.3, 0.4) is 0 Å². The van der Waals surface area contributed by atoms with Gasteiger partial charge in [0.15, 0.2) is 5.65 Å². The molecule has 0 radical (unpaired) electrons. The van der Waals surface area contributed by atoms with Crippen LogP contribution in [0.25, 0.3) is 16.7 Å². The first kappa shape index (κ1) is 22.5. The Hall–Kier alpha value is -2.72. The zero-order chi connectivity index (χ0) is 23.1. The maximum atomic E-state index is 13.0. The summed E-state index contributed by atoms with van der Waals surface area (Å²) in [6.45, 7) is 6.27. The van der Waals surface area contributed by atoms with Gasteiger partial charge < -0.3 is 14.7 Å². The van der Waals surface area contributed by atoms with E-state index in [2.05, 4.69) is 26.0 Å². The number of halogens is 1. The quantitative estimate of drug-likeness (QED) is 0.588. The highest BCUT2D eigenvalue weighted by Crippen LogP contribution is 2.25. The van der Waals surface area contributed by atoms with Gasteiger partial charge in [-0.3, -0.25) is 9.36 Å². The minimum Gasteiger partial charge on any atom is -0.444 e. The van der Waals surface area contributed by atoms with Crippen LogP contribution in [0.15, 0.2) is 46.1 Å². The van der Waals surface area contributed by atoms with Crippen LogP contribution < -0.4 is 5.56 Å². The number of hydrogen-bond donors (Lipinski definition) is 1. The van der Waals surface area contributed by atoms with E-state index in [0.717, 1.165) is 10.2 Å².